The van der Waals surface area contributed by atoms with E-state index in [1.165, 1.54) is 12.1 Å². The van der Waals surface area contributed by atoms with Crippen molar-refractivity contribution in [2.24, 2.45) is 0 Å². The van der Waals surface area contributed by atoms with Crippen molar-refractivity contribution in [1.29, 1.82) is 0 Å². The van der Waals surface area contributed by atoms with Crippen molar-refractivity contribution >= 4 is 11.9 Å². The van der Waals surface area contributed by atoms with Crippen LogP contribution in [-0.2, 0) is 9.47 Å². The number of hydrogen-bond donors (Lipinski definition) is 2. The molecule has 0 saturated heterocycles. The van der Waals surface area contributed by atoms with Crippen LogP contribution in [0.3, 0.4) is 0 Å². The fraction of sp³-hybridized carbons (Fsp3) is 0.385. The van der Waals surface area contributed by atoms with Crippen LogP contribution < -0.4 is 4.74 Å². The first kappa shape index (κ1) is 15.9. The van der Waals surface area contributed by atoms with Crippen molar-refractivity contribution in [2.45, 2.75) is 0 Å². The number of carboxylic acids is 2. The van der Waals surface area contributed by atoms with Gasteiger partial charge in [0, 0.05) is 7.11 Å². The molecule has 0 heterocycles. The first-order valence-electron chi connectivity index (χ1n) is 5.85. The summed E-state index contributed by atoms with van der Waals surface area (Å²) in [5, 5.41) is 17.8. The molecular weight excluding hydrogens is 268 g/mol. The van der Waals surface area contributed by atoms with Crippen molar-refractivity contribution in [1.82, 2.24) is 0 Å². The van der Waals surface area contributed by atoms with E-state index in [1.54, 1.807) is 7.11 Å². The lowest BCUT2D eigenvalue weighted by Crippen LogP contribution is -2.11. The quantitative estimate of drug-likeness (QED) is 0.655. The number of carboxylic acid groups (broad SMARTS) is 2. The highest BCUT2D eigenvalue weighted by molar-refractivity contribution is 5.94. The Balaban J connectivity index is 2.60. The zero-order valence-corrected chi connectivity index (χ0v) is 11.0. The second-order valence-electron chi connectivity index (χ2n) is 3.81. The van der Waals surface area contributed by atoms with Gasteiger partial charge in [-0.15, -0.1) is 0 Å². The predicted molar refractivity (Wildman–Crippen MR) is 68.6 cm³/mol. The molecule has 0 aliphatic heterocycles. The highest BCUT2D eigenvalue weighted by Gasteiger charge is 2.12. The van der Waals surface area contributed by atoms with E-state index in [2.05, 4.69) is 0 Å². The molecule has 0 aliphatic carbocycles. The van der Waals surface area contributed by atoms with E-state index in [4.69, 9.17) is 24.4 Å². The fourth-order valence-corrected chi connectivity index (χ4v) is 1.39. The van der Waals surface area contributed by atoms with Crippen LogP contribution in [-0.4, -0.2) is 55.7 Å². The monoisotopic (exact) mass is 284 g/mol. The molecule has 0 saturated carbocycles. The van der Waals surface area contributed by atoms with Gasteiger partial charge in [0.25, 0.3) is 0 Å². The molecule has 7 nitrogen and oxygen atoms in total. The van der Waals surface area contributed by atoms with Crippen LogP contribution in [0, 0.1) is 0 Å². The Morgan fingerprint density at radius 2 is 1.50 bits per heavy atom. The predicted octanol–water partition coefficient (Wildman–Crippen LogP) is 1.12. The molecule has 0 atom stereocenters. The average Bonchev–Trinajstić information content (AvgIpc) is 2.42. The average molecular weight is 284 g/mol. The normalized spacial score (nSPS) is 10.2. The Kier molecular flexibility index (Phi) is 6.48. The summed E-state index contributed by atoms with van der Waals surface area (Å²) < 4.78 is 15.2. The number of ether oxygens (including phenoxy) is 3. The van der Waals surface area contributed by atoms with Crippen LogP contribution >= 0.6 is 0 Å². The first-order chi connectivity index (χ1) is 9.54. The highest BCUT2D eigenvalue weighted by Crippen LogP contribution is 2.17. The van der Waals surface area contributed by atoms with Crippen LogP contribution in [0.2, 0.25) is 0 Å². The van der Waals surface area contributed by atoms with Crippen molar-refractivity contribution < 1.29 is 34.0 Å². The van der Waals surface area contributed by atoms with Crippen LogP contribution in [0.25, 0.3) is 0 Å². The second kappa shape index (κ2) is 8.13. The standard InChI is InChI=1S/C13H16O7/c1-18-2-3-19-4-5-20-11-7-9(12(14)15)6-10(8-11)13(16)17/h6-8H,2-5H2,1H3,(H,14,15)(H,16,17). The lowest BCUT2D eigenvalue weighted by Gasteiger charge is -2.09. The van der Waals surface area contributed by atoms with E-state index in [-0.39, 0.29) is 23.5 Å². The summed E-state index contributed by atoms with van der Waals surface area (Å²) in [6.45, 7) is 1.38. The highest BCUT2D eigenvalue weighted by atomic mass is 16.5. The smallest absolute Gasteiger partial charge is 0.335 e. The first-order valence-corrected chi connectivity index (χ1v) is 5.85. The zero-order chi connectivity index (χ0) is 15.0. The molecule has 0 radical (unpaired) electrons. The molecule has 0 amide bonds. The van der Waals surface area contributed by atoms with Gasteiger partial charge in [0.15, 0.2) is 0 Å². The topological polar surface area (TPSA) is 102 Å². The van der Waals surface area contributed by atoms with Crippen molar-refractivity contribution in [3.8, 4) is 5.75 Å². The molecule has 1 aromatic rings. The third-order valence-electron chi connectivity index (χ3n) is 2.33. The summed E-state index contributed by atoms with van der Waals surface area (Å²) in [6.07, 6.45) is 0. The van der Waals surface area contributed by atoms with E-state index >= 15 is 0 Å². The Hall–Kier alpha value is -2.12. The maximum atomic E-state index is 10.9. The van der Waals surface area contributed by atoms with Crippen LogP contribution in [0.4, 0.5) is 0 Å². The lowest BCUT2D eigenvalue weighted by atomic mass is 10.1. The summed E-state index contributed by atoms with van der Waals surface area (Å²) in [4.78, 5) is 21.8. The largest absolute Gasteiger partial charge is 0.491 e. The van der Waals surface area contributed by atoms with Gasteiger partial charge in [-0.25, -0.2) is 9.59 Å². The van der Waals surface area contributed by atoms with Crippen molar-refractivity contribution in [3.05, 3.63) is 29.3 Å². The van der Waals surface area contributed by atoms with Gasteiger partial charge in [-0.1, -0.05) is 0 Å². The molecule has 110 valence electrons. The SMILES string of the molecule is COCCOCCOc1cc(C(=O)O)cc(C(=O)O)c1. The molecular formula is C13H16O7. The Morgan fingerprint density at radius 3 is 2.00 bits per heavy atom. The minimum atomic E-state index is -1.21. The van der Waals surface area contributed by atoms with E-state index < -0.39 is 11.9 Å². The van der Waals surface area contributed by atoms with Crippen molar-refractivity contribution in [3.63, 3.8) is 0 Å². The van der Waals surface area contributed by atoms with E-state index in [1.807, 2.05) is 0 Å². The van der Waals surface area contributed by atoms with E-state index in [0.29, 0.717) is 19.8 Å². The summed E-state index contributed by atoms with van der Waals surface area (Å²) in [5.41, 5.74) is -0.277. The van der Waals surface area contributed by atoms with Gasteiger partial charge in [-0.05, 0) is 18.2 Å². The maximum Gasteiger partial charge on any atom is 0.335 e. The summed E-state index contributed by atoms with van der Waals surface area (Å²) in [6, 6.07) is 3.61. The van der Waals surface area contributed by atoms with Gasteiger partial charge >= 0.3 is 11.9 Å². The third-order valence-corrected chi connectivity index (χ3v) is 2.33. The minimum Gasteiger partial charge on any atom is -0.491 e. The van der Waals surface area contributed by atoms with Gasteiger partial charge in [0.1, 0.15) is 12.4 Å². The van der Waals surface area contributed by atoms with Crippen LogP contribution in [0.15, 0.2) is 18.2 Å². The molecule has 0 unspecified atom stereocenters. The minimum absolute atomic E-state index is 0.139. The van der Waals surface area contributed by atoms with Crippen LogP contribution in [0.5, 0.6) is 5.75 Å². The summed E-state index contributed by atoms with van der Waals surface area (Å²) >= 11 is 0. The third kappa shape index (κ3) is 5.25. The lowest BCUT2D eigenvalue weighted by molar-refractivity contribution is 0.0543. The van der Waals surface area contributed by atoms with Gasteiger partial charge in [0.2, 0.25) is 0 Å². The molecule has 1 rings (SSSR count). The number of rotatable bonds is 9. The number of hydrogen-bond acceptors (Lipinski definition) is 5. The van der Waals surface area contributed by atoms with E-state index in [0.717, 1.165) is 6.07 Å². The molecule has 20 heavy (non-hydrogen) atoms. The Labute approximate surface area is 115 Å². The van der Waals surface area contributed by atoms with Gasteiger partial charge < -0.3 is 24.4 Å². The fourth-order valence-electron chi connectivity index (χ4n) is 1.39. The maximum absolute atomic E-state index is 10.9. The molecule has 7 heteroatoms. The molecule has 0 fully saturated rings. The van der Waals surface area contributed by atoms with Gasteiger partial charge in [-0.3, -0.25) is 0 Å². The second-order valence-corrected chi connectivity index (χ2v) is 3.81. The molecule has 0 spiro atoms. The Bertz CT molecular complexity index is 438. The number of carbonyl (C=O) groups is 2. The zero-order valence-electron chi connectivity index (χ0n) is 11.0. The van der Waals surface area contributed by atoms with Gasteiger partial charge in [0.05, 0.1) is 30.9 Å². The van der Waals surface area contributed by atoms with Crippen LogP contribution in [0.1, 0.15) is 20.7 Å². The summed E-state index contributed by atoms with van der Waals surface area (Å²) in [5.74, 6) is -2.25. The summed E-state index contributed by atoms with van der Waals surface area (Å²) in [7, 11) is 1.56. The number of methoxy groups -OCH3 is 1. The molecule has 0 aliphatic rings. The van der Waals surface area contributed by atoms with Gasteiger partial charge in [-0.2, -0.15) is 0 Å². The molecule has 2 N–H and O–H groups in total. The van der Waals surface area contributed by atoms with E-state index in [9.17, 15) is 9.59 Å². The van der Waals surface area contributed by atoms with Crippen molar-refractivity contribution in [2.75, 3.05) is 33.5 Å². The molecule has 0 bridgehead atoms. The molecule has 1 aromatic carbocycles. The number of benzene rings is 1. The Morgan fingerprint density at radius 1 is 0.950 bits per heavy atom. The molecule has 0 aromatic heterocycles. The number of aromatic carboxylic acids is 2.